The van der Waals surface area contributed by atoms with E-state index >= 15 is 0 Å². The normalized spacial score (nSPS) is 18.3. The maximum Gasteiger partial charge on any atom is 0.294 e. The number of rotatable bonds is 6. The lowest BCUT2D eigenvalue weighted by Gasteiger charge is -2.18. The van der Waals surface area contributed by atoms with Crippen molar-refractivity contribution in [2.75, 3.05) is 33.4 Å². The number of hydrogen-bond acceptors (Lipinski definition) is 6. The summed E-state index contributed by atoms with van der Waals surface area (Å²) in [5, 5.41) is -0.0984. The number of halogens is 1. The molecule has 2 saturated heterocycles. The molecule has 150 valence electrons. The molecule has 3 amide bonds. The smallest absolute Gasteiger partial charge is 0.294 e. The highest BCUT2D eigenvalue weighted by Crippen LogP contribution is 2.37. The van der Waals surface area contributed by atoms with Crippen LogP contribution in [0.3, 0.4) is 0 Å². The van der Waals surface area contributed by atoms with Crippen LogP contribution in [0, 0.1) is 0 Å². The summed E-state index contributed by atoms with van der Waals surface area (Å²) < 4.78 is 10.8. The van der Waals surface area contributed by atoms with E-state index < -0.39 is 11.1 Å². The first-order chi connectivity index (χ1) is 13.4. The zero-order valence-electron chi connectivity index (χ0n) is 15.7. The van der Waals surface area contributed by atoms with E-state index in [4.69, 9.17) is 21.1 Å². The molecule has 2 heterocycles. The number of benzene rings is 1. The number of likely N-dealkylation sites (tertiary alicyclic amines) is 1. The molecule has 7 nitrogen and oxygen atoms in total. The minimum absolute atomic E-state index is 0.206. The maximum atomic E-state index is 12.7. The van der Waals surface area contributed by atoms with Crippen molar-refractivity contribution in [3.05, 3.63) is 27.6 Å². The molecule has 2 aliphatic heterocycles. The molecule has 0 spiro atoms. The van der Waals surface area contributed by atoms with E-state index in [1.54, 1.807) is 17.0 Å². The summed E-state index contributed by atoms with van der Waals surface area (Å²) in [6, 6.07) is 3.26. The van der Waals surface area contributed by atoms with E-state index in [0.717, 1.165) is 29.5 Å². The summed E-state index contributed by atoms with van der Waals surface area (Å²) in [4.78, 5) is 40.1. The van der Waals surface area contributed by atoms with Crippen LogP contribution >= 0.6 is 23.4 Å². The fourth-order valence-electron chi connectivity index (χ4n) is 3.07. The molecule has 0 aromatic heterocycles. The Morgan fingerprint density at radius 2 is 1.96 bits per heavy atom. The second kappa shape index (κ2) is 8.87. The minimum atomic E-state index is -0.493. The zero-order valence-corrected chi connectivity index (χ0v) is 17.3. The molecule has 2 fully saturated rings. The quantitative estimate of drug-likeness (QED) is 0.651. The average Bonchev–Trinajstić information content (AvgIpc) is 3.29. The average molecular weight is 425 g/mol. The van der Waals surface area contributed by atoms with Gasteiger partial charge in [0, 0.05) is 19.2 Å². The predicted molar refractivity (Wildman–Crippen MR) is 108 cm³/mol. The van der Waals surface area contributed by atoms with Gasteiger partial charge in [-0.25, -0.2) is 0 Å². The first-order valence-electron chi connectivity index (χ1n) is 8.98. The molecule has 2 aliphatic rings. The lowest BCUT2D eigenvalue weighted by atomic mass is 10.1. The molecular weight excluding hydrogens is 404 g/mol. The van der Waals surface area contributed by atoms with Gasteiger partial charge in [-0.2, -0.15) is 0 Å². The van der Waals surface area contributed by atoms with Crippen LogP contribution in [0.4, 0.5) is 4.79 Å². The number of amides is 3. The number of nitrogens with zero attached hydrogens (tertiary/aromatic N) is 2. The molecule has 0 radical (unpaired) electrons. The molecule has 1 aromatic carbocycles. The Morgan fingerprint density at radius 3 is 2.61 bits per heavy atom. The van der Waals surface area contributed by atoms with Gasteiger partial charge in [0.1, 0.15) is 6.54 Å². The van der Waals surface area contributed by atoms with Crippen molar-refractivity contribution in [3.63, 3.8) is 0 Å². The van der Waals surface area contributed by atoms with Crippen LogP contribution < -0.4 is 9.47 Å². The van der Waals surface area contributed by atoms with Gasteiger partial charge >= 0.3 is 0 Å². The van der Waals surface area contributed by atoms with Crippen molar-refractivity contribution in [2.24, 2.45) is 0 Å². The largest absolute Gasteiger partial charge is 0.493 e. The summed E-state index contributed by atoms with van der Waals surface area (Å²) in [5.41, 5.74) is 0.530. The summed E-state index contributed by atoms with van der Waals surface area (Å²) in [5.74, 6) is 0.270. The molecule has 0 unspecified atom stereocenters. The van der Waals surface area contributed by atoms with Gasteiger partial charge in [-0.15, -0.1) is 0 Å². The lowest BCUT2D eigenvalue weighted by Crippen LogP contribution is -2.40. The summed E-state index contributed by atoms with van der Waals surface area (Å²) in [6.45, 7) is 3.39. The Labute approximate surface area is 172 Å². The molecule has 3 rings (SSSR count). The Morgan fingerprint density at radius 1 is 1.25 bits per heavy atom. The van der Waals surface area contributed by atoms with Crippen molar-refractivity contribution in [3.8, 4) is 11.5 Å². The third-order valence-corrected chi connectivity index (χ3v) is 5.73. The Bertz CT molecular complexity index is 836. The Hall–Kier alpha value is -2.19. The van der Waals surface area contributed by atoms with E-state index in [0.29, 0.717) is 41.8 Å². The molecule has 9 heteroatoms. The number of imide groups is 1. The molecule has 0 atom stereocenters. The number of hydrogen-bond donors (Lipinski definition) is 0. The fraction of sp³-hybridized carbons (Fsp3) is 0.421. The van der Waals surface area contributed by atoms with Crippen LogP contribution in [0.15, 0.2) is 17.0 Å². The fourth-order valence-corrected chi connectivity index (χ4v) is 4.11. The van der Waals surface area contributed by atoms with Crippen molar-refractivity contribution >= 4 is 46.5 Å². The number of ether oxygens (including phenoxy) is 2. The molecule has 0 N–H and O–H groups in total. The lowest BCUT2D eigenvalue weighted by molar-refractivity contribution is -0.135. The minimum Gasteiger partial charge on any atom is -0.493 e. The highest BCUT2D eigenvalue weighted by Gasteiger charge is 2.37. The highest BCUT2D eigenvalue weighted by molar-refractivity contribution is 8.18. The van der Waals surface area contributed by atoms with E-state index in [1.807, 2.05) is 6.92 Å². The van der Waals surface area contributed by atoms with E-state index in [1.165, 1.54) is 13.2 Å². The van der Waals surface area contributed by atoms with Gasteiger partial charge in [-0.1, -0.05) is 11.6 Å². The van der Waals surface area contributed by atoms with Crippen LogP contribution in [-0.2, 0) is 9.59 Å². The molecular formula is C19H21ClN2O5S. The number of carbonyl (C=O) groups excluding carboxylic acids is 3. The van der Waals surface area contributed by atoms with Crippen molar-refractivity contribution < 1.29 is 23.9 Å². The molecule has 1 aromatic rings. The third kappa shape index (κ3) is 4.28. The van der Waals surface area contributed by atoms with E-state index in [-0.39, 0.29) is 17.4 Å². The van der Waals surface area contributed by atoms with Crippen molar-refractivity contribution in [1.82, 2.24) is 9.80 Å². The number of methoxy groups -OCH3 is 1. The van der Waals surface area contributed by atoms with Gasteiger partial charge in [-0.05, 0) is 49.2 Å². The summed E-state index contributed by atoms with van der Waals surface area (Å²) >= 11 is 7.09. The second-order valence-corrected chi connectivity index (χ2v) is 7.71. The molecule has 0 aliphatic carbocycles. The predicted octanol–water partition coefficient (Wildman–Crippen LogP) is 3.41. The van der Waals surface area contributed by atoms with Crippen LogP contribution in [-0.4, -0.2) is 60.2 Å². The van der Waals surface area contributed by atoms with Crippen LogP contribution in [0.1, 0.15) is 25.3 Å². The topological polar surface area (TPSA) is 76.2 Å². The molecule has 28 heavy (non-hydrogen) atoms. The Balaban J connectivity index is 1.81. The Kier molecular flexibility index (Phi) is 6.51. The van der Waals surface area contributed by atoms with Gasteiger partial charge in [0.2, 0.25) is 5.91 Å². The number of thioether (sulfide) groups is 1. The van der Waals surface area contributed by atoms with Gasteiger partial charge < -0.3 is 14.4 Å². The first kappa shape index (κ1) is 20.5. The number of carbonyl (C=O) groups is 3. The standard InChI is InChI=1S/C19H21ClN2O5S/c1-3-27-15-8-12(13(20)10-14(15)26-2)9-16-18(24)22(19(25)28-16)11-17(23)21-6-4-5-7-21/h8-10H,3-7,11H2,1-2H3. The summed E-state index contributed by atoms with van der Waals surface area (Å²) in [6.07, 6.45) is 3.44. The monoisotopic (exact) mass is 424 g/mol. The van der Waals surface area contributed by atoms with Crippen LogP contribution in [0.2, 0.25) is 5.02 Å². The van der Waals surface area contributed by atoms with Gasteiger partial charge in [0.25, 0.3) is 11.1 Å². The van der Waals surface area contributed by atoms with Crippen molar-refractivity contribution in [2.45, 2.75) is 19.8 Å². The highest BCUT2D eigenvalue weighted by atomic mass is 35.5. The second-order valence-electron chi connectivity index (χ2n) is 6.31. The van der Waals surface area contributed by atoms with Gasteiger partial charge in [0.15, 0.2) is 11.5 Å². The van der Waals surface area contributed by atoms with E-state index in [9.17, 15) is 14.4 Å². The van der Waals surface area contributed by atoms with Gasteiger partial charge in [-0.3, -0.25) is 19.3 Å². The van der Waals surface area contributed by atoms with E-state index in [2.05, 4.69) is 0 Å². The van der Waals surface area contributed by atoms with Gasteiger partial charge in [0.05, 0.1) is 23.6 Å². The maximum absolute atomic E-state index is 12.7. The van der Waals surface area contributed by atoms with Crippen molar-refractivity contribution in [1.29, 1.82) is 0 Å². The van der Waals surface area contributed by atoms with Crippen LogP contribution in [0.5, 0.6) is 11.5 Å². The van der Waals surface area contributed by atoms with Crippen LogP contribution in [0.25, 0.3) is 6.08 Å². The SMILES string of the molecule is CCOc1cc(C=C2SC(=O)N(CC(=O)N3CCCC3)C2=O)c(Cl)cc1OC. The first-order valence-corrected chi connectivity index (χ1v) is 10.2. The summed E-state index contributed by atoms with van der Waals surface area (Å²) in [7, 11) is 1.51. The molecule has 0 bridgehead atoms. The third-order valence-electron chi connectivity index (χ3n) is 4.50. The molecule has 0 saturated carbocycles. The zero-order chi connectivity index (χ0) is 20.3.